The highest BCUT2D eigenvalue weighted by Crippen LogP contribution is 1.94. The molecule has 68 valence electrons. The van der Waals surface area contributed by atoms with Crippen LogP contribution in [0, 0.1) is 0 Å². The number of rotatable bonds is 4. The van der Waals surface area contributed by atoms with Crippen LogP contribution in [0.1, 0.15) is 32.6 Å². The summed E-state index contributed by atoms with van der Waals surface area (Å²) in [5.74, 6) is 0.754. The van der Waals surface area contributed by atoms with Crippen LogP contribution >= 0.6 is 0 Å². The summed E-state index contributed by atoms with van der Waals surface area (Å²) in [6, 6.07) is 0. The van der Waals surface area contributed by atoms with Gasteiger partial charge in [-0.05, 0) is 6.42 Å². The number of hydrogen-bond acceptors (Lipinski definition) is 3. The molecule has 1 heterocycles. The summed E-state index contributed by atoms with van der Waals surface area (Å²) in [5, 5.41) is 6.93. The highest BCUT2D eigenvalue weighted by atomic mass is 16.2. The average molecular weight is 169 g/mol. The van der Waals surface area contributed by atoms with Crippen LogP contribution < -0.4 is 10.7 Å². The van der Waals surface area contributed by atoms with Crippen molar-refractivity contribution in [2.45, 2.75) is 32.6 Å². The number of hydrogen-bond donors (Lipinski definition) is 2. The molecule has 1 aliphatic heterocycles. The predicted octanol–water partition coefficient (Wildman–Crippen LogP) is 0.600. The zero-order valence-electron chi connectivity index (χ0n) is 7.39. The van der Waals surface area contributed by atoms with Crippen LogP contribution in [0.5, 0.6) is 0 Å². The Morgan fingerprint density at radius 2 is 2.42 bits per heavy atom. The van der Waals surface area contributed by atoms with Gasteiger partial charge >= 0.3 is 0 Å². The van der Waals surface area contributed by atoms with Crippen molar-refractivity contribution in [3.63, 3.8) is 0 Å². The van der Waals surface area contributed by atoms with Gasteiger partial charge in [-0.1, -0.05) is 19.8 Å². The van der Waals surface area contributed by atoms with Crippen LogP contribution in [0.15, 0.2) is 5.10 Å². The molecule has 0 saturated carbocycles. The monoisotopic (exact) mass is 169 g/mol. The van der Waals surface area contributed by atoms with Gasteiger partial charge in [-0.2, -0.15) is 5.10 Å². The number of amides is 1. The number of carbonyl (C=O) groups excluding carboxylic acids is 1. The highest BCUT2D eigenvalue weighted by molar-refractivity contribution is 6.03. The fourth-order valence-corrected chi connectivity index (χ4v) is 1.07. The van der Waals surface area contributed by atoms with Crippen molar-refractivity contribution < 1.29 is 4.79 Å². The first-order valence-electron chi connectivity index (χ1n) is 4.42. The fraction of sp³-hybridized carbons (Fsp3) is 0.750. The van der Waals surface area contributed by atoms with Crippen LogP contribution in [0.2, 0.25) is 0 Å². The molecule has 0 fully saturated rings. The number of carbonyl (C=O) groups is 1. The third-order valence-electron chi connectivity index (χ3n) is 1.75. The Morgan fingerprint density at radius 1 is 1.58 bits per heavy atom. The molecule has 4 heteroatoms. The summed E-state index contributed by atoms with van der Waals surface area (Å²) in [6.45, 7) is 3.08. The van der Waals surface area contributed by atoms with Crippen molar-refractivity contribution in [2.75, 3.05) is 6.54 Å². The summed E-state index contributed by atoms with van der Waals surface area (Å²) in [7, 11) is 0. The Bertz CT molecular complexity index is 189. The minimum Gasteiger partial charge on any atom is -0.372 e. The molecule has 0 unspecified atom stereocenters. The van der Waals surface area contributed by atoms with Gasteiger partial charge in [0.1, 0.15) is 5.84 Å². The first kappa shape index (κ1) is 9.03. The molecule has 1 rings (SSSR count). The van der Waals surface area contributed by atoms with Gasteiger partial charge < -0.3 is 5.32 Å². The molecule has 0 bridgehead atoms. The molecule has 0 aliphatic carbocycles. The topological polar surface area (TPSA) is 53.5 Å². The maximum atomic E-state index is 10.7. The van der Waals surface area contributed by atoms with Gasteiger partial charge in [0.05, 0.1) is 6.42 Å². The SMILES string of the molecule is CCCCCNC1=NNC(=O)C1. The standard InChI is InChI=1S/C8H15N3O/c1-2-3-4-5-9-7-6-8(12)11-10-7/h2-6H2,1H3,(H,9,10)(H,11,12). The lowest BCUT2D eigenvalue weighted by Gasteiger charge is -2.01. The van der Waals surface area contributed by atoms with Crippen LogP contribution in [-0.2, 0) is 4.79 Å². The molecule has 1 aliphatic rings. The Hall–Kier alpha value is -1.06. The van der Waals surface area contributed by atoms with Crippen LogP contribution in [-0.4, -0.2) is 18.3 Å². The largest absolute Gasteiger partial charge is 0.372 e. The molecule has 0 atom stereocenters. The van der Waals surface area contributed by atoms with Gasteiger partial charge in [0.15, 0.2) is 0 Å². The van der Waals surface area contributed by atoms with E-state index in [1.165, 1.54) is 12.8 Å². The van der Waals surface area contributed by atoms with Gasteiger partial charge in [0.2, 0.25) is 5.91 Å². The van der Waals surface area contributed by atoms with E-state index in [0.717, 1.165) is 18.8 Å². The molecule has 0 aromatic rings. The lowest BCUT2D eigenvalue weighted by Crippen LogP contribution is -2.23. The van der Waals surface area contributed by atoms with E-state index >= 15 is 0 Å². The summed E-state index contributed by atoms with van der Waals surface area (Å²) in [4.78, 5) is 10.7. The second-order valence-corrected chi connectivity index (χ2v) is 2.90. The molecule has 2 N–H and O–H groups in total. The Balaban J connectivity index is 2.04. The first-order valence-corrected chi connectivity index (χ1v) is 4.42. The van der Waals surface area contributed by atoms with E-state index in [1.807, 2.05) is 0 Å². The summed E-state index contributed by atoms with van der Waals surface area (Å²) >= 11 is 0. The van der Waals surface area contributed by atoms with E-state index in [2.05, 4.69) is 22.8 Å². The molecule has 0 spiro atoms. The van der Waals surface area contributed by atoms with E-state index in [0.29, 0.717) is 6.42 Å². The lowest BCUT2D eigenvalue weighted by atomic mass is 10.2. The van der Waals surface area contributed by atoms with Gasteiger partial charge in [0, 0.05) is 6.54 Å². The van der Waals surface area contributed by atoms with Crippen LogP contribution in [0.4, 0.5) is 0 Å². The highest BCUT2D eigenvalue weighted by Gasteiger charge is 2.12. The van der Waals surface area contributed by atoms with Crippen molar-refractivity contribution in [3.8, 4) is 0 Å². The summed E-state index contributed by atoms with van der Waals surface area (Å²) in [5.41, 5.74) is 2.40. The molecular weight excluding hydrogens is 154 g/mol. The molecule has 0 aromatic carbocycles. The number of unbranched alkanes of at least 4 members (excludes halogenated alkanes) is 2. The van der Waals surface area contributed by atoms with E-state index in [4.69, 9.17) is 0 Å². The minimum absolute atomic E-state index is 0.0204. The first-order chi connectivity index (χ1) is 5.83. The number of amidine groups is 1. The van der Waals surface area contributed by atoms with Crippen molar-refractivity contribution in [3.05, 3.63) is 0 Å². The Kier molecular flexibility index (Phi) is 3.57. The van der Waals surface area contributed by atoms with Crippen molar-refractivity contribution in [1.29, 1.82) is 0 Å². The number of hydrazone groups is 1. The van der Waals surface area contributed by atoms with E-state index in [-0.39, 0.29) is 5.91 Å². The van der Waals surface area contributed by atoms with Gasteiger partial charge in [-0.3, -0.25) is 4.79 Å². The Morgan fingerprint density at radius 3 is 3.00 bits per heavy atom. The van der Waals surface area contributed by atoms with Crippen LogP contribution in [0.3, 0.4) is 0 Å². The Labute approximate surface area is 72.4 Å². The van der Waals surface area contributed by atoms with Gasteiger partial charge in [-0.15, -0.1) is 0 Å². The minimum atomic E-state index is -0.0204. The van der Waals surface area contributed by atoms with Crippen molar-refractivity contribution >= 4 is 11.7 Å². The smallest absolute Gasteiger partial charge is 0.247 e. The molecule has 4 nitrogen and oxygen atoms in total. The van der Waals surface area contributed by atoms with E-state index < -0.39 is 0 Å². The maximum Gasteiger partial charge on any atom is 0.247 e. The van der Waals surface area contributed by atoms with E-state index in [9.17, 15) is 4.79 Å². The van der Waals surface area contributed by atoms with Gasteiger partial charge in [0.25, 0.3) is 0 Å². The average Bonchev–Trinajstić information content (AvgIpc) is 2.45. The number of nitrogens with zero attached hydrogens (tertiary/aromatic N) is 1. The second kappa shape index (κ2) is 4.74. The molecular formula is C8H15N3O. The maximum absolute atomic E-state index is 10.7. The summed E-state index contributed by atoms with van der Waals surface area (Å²) in [6.07, 6.45) is 3.99. The fourth-order valence-electron chi connectivity index (χ4n) is 1.07. The van der Waals surface area contributed by atoms with Crippen molar-refractivity contribution in [1.82, 2.24) is 10.7 Å². The van der Waals surface area contributed by atoms with Crippen LogP contribution in [0.25, 0.3) is 0 Å². The lowest BCUT2D eigenvalue weighted by molar-refractivity contribution is -0.119. The van der Waals surface area contributed by atoms with Crippen molar-refractivity contribution in [2.24, 2.45) is 5.10 Å². The third kappa shape index (κ3) is 2.90. The predicted molar refractivity (Wildman–Crippen MR) is 47.7 cm³/mol. The normalized spacial score (nSPS) is 15.8. The molecule has 0 saturated heterocycles. The molecule has 1 amide bonds. The number of nitrogens with one attached hydrogen (secondary N) is 2. The van der Waals surface area contributed by atoms with Gasteiger partial charge in [-0.25, -0.2) is 5.43 Å². The van der Waals surface area contributed by atoms with E-state index in [1.54, 1.807) is 0 Å². The third-order valence-corrected chi connectivity index (χ3v) is 1.75. The zero-order valence-corrected chi connectivity index (χ0v) is 7.39. The molecule has 0 aromatic heterocycles. The quantitative estimate of drug-likeness (QED) is 0.605. The zero-order chi connectivity index (χ0) is 8.81. The second-order valence-electron chi connectivity index (χ2n) is 2.90. The molecule has 0 radical (unpaired) electrons. The molecule has 12 heavy (non-hydrogen) atoms. The summed E-state index contributed by atoms with van der Waals surface area (Å²) < 4.78 is 0.